The number of ether oxygens (including phenoxy) is 1. The maximum absolute atomic E-state index is 6.06. The molecule has 2 saturated heterocycles. The van der Waals surface area contributed by atoms with Crippen molar-refractivity contribution in [3.05, 3.63) is 42.1 Å². The molecule has 0 radical (unpaired) electrons. The van der Waals surface area contributed by atoms with Crippen molar-refractivity contribution in [2.75, 3.05) is 43.0 Å². The van der Waals surface area contributed by atoms with E-state index in [4.69, 9.17) is 9.72 Å². The molecule has 1 aromatic heterocycles. The molecule has 1 aromatic carbocycles. The molecule has 0 saturated carbocycles. The third-order valence-electron chi connectivity index (χ3n) is 7.48. The summed E-state index contributed by atoms with van der Waals surface area (Å²) in [6, 6.07) is 11.1. The van der Waals surface area contributed by atoms with Gasteiger partial charge in [0.25, 0.3) is 0 Å². The van der Waals surface area contributed by atoms with Crippen molar-refractivity contribution in [1.29, 1.82) is 0 Å². The molecule has 198 valence electrons. The summed E-state index contributed by atoms with van der Waals surface area (Å²) in [5.41, 5.74) is 1.33. The lowest BCUT2D eigenvalue weighted by Gasteiger charge is -2.33. The normalized spacial score (nSPS) is 19.1. The van der Waals surface area contributed by atoms with E-state index in [1.165, 1.54) is 69.8 Å². The Morgan fingerprint density at radius 2 is 1.78 bits per heavy atom. The Morgan fingerprint density at radius 3 is 2.64 bits per heavy atom. The monoisotopic (exact) mass is 493 g/mol. The minimum atomic E-state index is 0.380. The lowest BCUT2D eigenvalue weighted by molar-refractivity contribution is 0.208. The number of anilines is 2. The number of hydrogen-bond acceptors (Lipinski definition) is 6. The molecule has 1 N–H and O–H groups in total. The molecular weight excluding hydrogens is 446 g/mol. The zero-order valence-corrected chi connectivity index (χ0v) is 22.5. The van der Waals surface area contributed by atoms with Crippen LogP contribution >= 0.6 is 0 Å². The Morgan fingerprint density at radius 1 is 0.944 bits per heavy atom. The highest BCUT2D eigenvalue weighted by Gasteiger charge is 2.21. The first-order valence-electron chi connectivity index (χ1n) is 14.6. The van der Waals surface area contributed by atoms with Gasteiger partial charge in [-0.3, -0.25) is 4.90 Å². The third kappa shape index (κ3) is 8.95. The minimum absolute atomic E-state index is 0.380. The molecule has 2 aliphatic heterocycles. The van der Waals surface area contributed by atoms with Crippen LogP contribution in [0.5, 0.6) is 5.75 Å². The quantitative estimate of drug-likeness (QED) is 0.314. The number of nitrogens with zero attached hydrogens (tertiary/aromatic N) is 4. The van der Waals surface area contributed by atoms with Crippen LogP contribution in [0.2, 0.25) is 0 Å². The number of rotatable bonds is 13. The number of aromatic nitrogens is 2. The first-order chi connectivity index (χ1) is 17.8. The fourth-order valence-corrected chi connectivity index (χ4v) is 5.46. The fraction of sp³-hybridized carbons (Fsp3) is 0.667. The van der Waals surface area contributed by atoms with Crippen LogP contribution in [0.1, 0.15) is 89.5 Å². The molecule has 2 fully saturated rings. The second-order valence-electron chi connectivity index (χ2n) is 10.6. The largest absolute Gasteiger partial charge is 0.494 e. The molecule has 1 unspecified atom stereocenters. The third-order valence-corrected chi connectivity index (χ3v) is 7.48. The Balaban J connectivity index is 1.23. The number of benzene rings is 1. The topological polar surface area (TPSA) is 53.5 Å². The molecule has 0 aliphatic carbocycles. The van der Waals surface area contributed by atoms with Crippen molar-refractivity contribution in [3.63, 3.8) is 0 Å². The summed E-state index contributed by atoms with van der Waals surface area (Å²) in [5.74, 6) is 2.85. The lowest BCUT2D eigenvalue weighted by atomic mass is 10.0. The summed E-state index contributed by atoms with van der Waals surface area (Å²) < 4.78 is 6.06. The van der Waals surface area contributed by atoms with E-state index in [0.717, 1.165) is 69.7 Å². The fourth-order valence-electron chi connectivity index (χ4n) is 5.46. The Bertz CT molecular complexity index is 883. The average molecular weight is 494 g/mol. The summed E-state index contributed by atoms with van der Waals surface area (Å²) >= 11 is 0. The summed E-state index contributed by atoms with van der Waals surface area (Å²) in [6.07, 6.45) is 17.2. The van der Waals surface area contributed by atoms with Crippen LogP contribution in [0.15, 0.2) is 36.5 Å². The number of nitrogens with one attached hydrogen (secondary N) is 1. The molecule has 2 aliphatic rings. The summed E-state index contributed by atoms with van der Waals surface area (Å²) in [6.45, 7) is 8.41. The summed E-state index contributed by atoms with van der Waals surface area (Å²) in [7, 11) is 0. The molecule has 1 atom stereocenters. The zero-order valence-electron chi connectivity index (χ0n) is 22.5. The smallest absolute Gasteiger partial charge is 0.224 e. The highest BCUT2D eigenvalue weighted by Crippen LogP contribution is 2.21. The van der Waals surface area contributed by atoms with Gasteiger partial charge in [-0.1, -0.05) is 64.0 Å². The molecule has 0 bridgehead atoms. The van der Waals surface area contributed by atoms with Gasteiger partial charge in [0.05, 0.1) is 6.61 Å². The second kappa shape index (κ2) is 15.0. The number of likely N-dealkylation sites (tertiary alicyclic amines) is 1. The highest BCUT2D eigenvalue weighted by molar-refractivity contribution is 5.43. The summed E-state index contributed by atoms with van der Waals surface area (Å²) in [4.78, 5) is 14.4. The Kier molecular flexibility index (Phi) is 11.2. The maximum atomic E-state index is 6.06. The molecule has 3 heterocycles. The molecule has 0 amide bonds. The standard InChI is InChI=1S/C30H47N5O/c1-2-3-4-5-8-11-22-36-28-16-12-14-26(23-28)24-34-19-13-15-27(25-34)32-30-31-18-17-29(33-30)35-20-9-6-7-10-21-35/h12,14,16-18,23,27H,2-11,13,15,19-22,24-25H2,1H3,(H,31,32,33). The van der Waals surface area contributed by atoms with Crippen LogP contribution in [-0.4, -0.2) is 53.7 Å². The van der Waals surface area contributed by atoms with E-state index in [1.54, 1.807) is 0 Å². The van der Waals surface area contributed by atoms with Crippen molar-refractivity contribution in [3.8, 4) is 5.75 Å². The van der Waals surface area contributed by atoms with Gasteiger partial charge in [-0.25, -0.2) is 4.98 Å². The lowest BCUT2D eigenvalue weighted by Crippen LogP contribution is -2.42. The van der Waals surface area contributed by atoms with Crippen molar-refractivity contribution < 1.29 is 4.74 Å². The van der Waals surface area contributed by atoms with Crippen LogP contribution < -0.4 is 15.0 Å². The molecule has 6 nitrogen and oxygen atoms in total. The second-order valence-corrected chi connectivity index (χ2v) is 10.6. The van der Waals surface area contributed by atoms with Crippen LogP contribution in [0, 0.1) is 0 Å². The van der Waals surface area contributed by atoms with Crippen molar-refractivity contribution in [2.24, 2.45) is 0 Å². The number of hydrogen-bond donors (Lipinski definition) is 1. The average Bonchev–Trinajstić information content (AvgIpc) is 3.19. The SMILES string of the molecule is CCCCCCCCOc1cccc(CN2CCCC(Nc3nccc(N4CCCCCC4)n3)C2)c1. The van der Waals surface area contributed by atoms with E-state index < -0.39 is 0 Å². The van der Waals surface area contributed by atoms with Crippen LogP contribution in [0.3, 0.4) is 0 Å². The van der Waals surface area contributed by atoms with Gasteiger partial charge in [-0.05, 0) is 62.4 Å². The van der Waals surface area contributed by atoms with Crippen molar-refractivity contribution in [1.82, 2.24) is 14.9 Å². The summed E-state index contributed by atoms with van der Waals surface area (Å²) in [5, 5.41) is 3.64. The van der Waals surface area contributed by atoms with E-state index in [9.17, 15) is 0 Å². The van der Waals surface area contributed by atoms with Gasteiger partial charge >= 0.3 is 0 Å². The van der Waals surface area contributed by atoms with Gasteiger partial charge in [0.15, 0.2) is 0 Å². The molecule has 4 rings (SSSR count). The maximum Gasteiger partial charge on any atom is 0.224 e. The molecule has 0 spiro atoms. The van der Waals surface area contributed by atoms with E-state index in [1.807, 2.05) is 6.20 Å². The van der Waals surface area contributed by atoms with Gasteiger partial charge in [0, 0.05) is 38.4 Å². The first kappa shape index (κ1) is 26.7. The molecular formula is C30H47N5O. The van der Waals surface area contributed by atoms with E-state index >= 15 is 0 Å². The Hall–Kier alpha value is -2.34. The van der Waals surface area contributed by atoms with Gasteiger partial charge < -0.3 is 15.0 Å². The van der Waals surface area contributed by atoms with Crippen LogP contribution in [0.4, 0.5) is 11.8 Å². The van der Waals surface area contributed by atoms with E-state index in [-0.39, 0.29) is 0 Å². The zero-order chi connectivity index (χ0) is 24.8. The molecule has 36 heavy (non-hydrogen) atoms. The van der Waals surface area contributed by atoms with Gasteiger partial charge in [0.1, 0.15) is 11.6 Å². The predicted octanol–water partition coefficient (Wildman–Crippen LogP) is 6.67. The highest BCUT2D eigenvalue weighted by atomic mass is 16.5. The van der Waals surface area contributed by atoms with Crippen LogP contribution in [0.25, 0.3) is 0 Å². The van der Waals surface area contributed by atoms with E-state index in [2.05, 4.69) is 57.4 Å². The van der Waals surface area contributed by atoms with E-state index in [0.29, 0.717) is 6.04 Å². The Labute approximate surface area is 218 Å². The van der Waals surface area contributed by atoms with Gasteiger partial charge in [-0.2, -0.15) is 4.98 Å². The predicted molar refractivity (Wildman–Crippen MR) is 150 cm³/mol. The van der Waals surface area contributed by atoms with Crippen molar-refractivity contribution in [2.45, 2.75) is 96.6 Å². The number of piperidine rings is 1. The minimum Gasteiger partial charge on any atom is -0.494 e. The van der Waals surface area contributed by atoms with Crippen molar-refractivity contribution >= 4 is 11.8 Å². The van der Waals surface area contributed by atoms with Crippen LogP contribution in [-0.2, 0) is 6.54 Å². The first-order valence-corrected chi connectivity index (χ1v) is 14.6. The molecule has 6 heteroatoms. The van der Waals surface area contributed by atoms with Gasteiger partial charge in [0.2, 0.25) is 5.95 Å². The van der Waals surface area contributed by atoms with Gasteiger partial charge in [-0.15, -0.1) is 0 Å². The molecule has 2 aromatic rings. The number of unbranched alkanes of at least 4 members (excludes halogenated alkanes) is 5.